The Morgan fingerprint density at radius 1 is 1.20 bits per heavy atom. The van der Waals surface area contributed by atoms with Gasteiger partial charge in [-0.15, -0.1) is 0 Å². The van der Waals surface area contributed by atoms with Gasteiger partial charge >= 0.3 is 0 Å². The van der Waals surface area contributed by atoms with Crippen molar-refractivity contribution in [2.45, 2.75) is 44.2 Å². The lowest BCUT2D eigenvalue weighted by Gasteiger charge is -2.30. The second kappa shape index (κ2) is 5.28. The SMILES string of the molecule is CN1CCC(NCC2CCC(O)C2)CC1. The first kappa shape index (κ1) is 11.4. The van der Waals surface area contributed by atoms with E-state index < -0.39 is 0 Å². The molecule has 2 rings (SSSR count). The number of likely N-dealkylation sites (tertiary alicyclic amines) is 1. The summed E-state index contributed by atoms with van der Waals surface area (Å²) in [6.45, 7) is 3.57. The van der Waals surface area contributed by atoms with Crippen molar-refractivity contribution >= 4 is 0 Å². The second-order valence-corrected chi connectivity index (χ2v) is 5.32. The highest BCUT2D eigenvalue weighted by Gasteiger charge is 2.24. The fraction of sp³-hybridized carbons (Fsp3) is 1.00. The van der Waals surface area contributed by atoms with Crippen molar-refractivity contribution in [2.75, 3.05) is 26.7 Å². The molecule has 2 unspecified atom stereocenters. The molecule has 2 atom stereocenters. The Morgan fingerprint density at radius 3 is 2.53 bits per heavy atom. The van der Waals surface area contributed by atoms with E-state index in [-0.39, 0.29) is 6.10 Å². The molecule has 1 saturated heterocycles. The van der Waals surface area contributed by atoms with E-state index in [9.17, 15) is 5.11 Å². The van der Waals surface area contributed by atoms with Crippen molar-refractivity contribution < 1.29 is 5.11 Å². The normalized spacial score (nSPS) is 34.8. The van der Waals surface area contributed by atoms with Crippen LogP contribution in [0.2, 0.25) is 0 Å². The molecule has 2 N–H and O–H groups in total. The molecule has 1 aliphatic carbocycles. The monoisotopic (exact) mass is 212 g/mol. The van der Waals surface area contributed by atoms with E-state index in [1.807, 2.05) is 0 Å². The molecular weight excluding hydrogens is 188 g/mol. The summed E-state index contributed by atoms with van der Waals surface area (Å²) < 4.78 is 0. The Balaban J connectivity index is 1.61. The Labute approximate surface area is 92.8 Å². The highest BCUT2D eigenvalue weighted by atomic mass is 16.3. The lowest BCUT2D eigenvalue weighted by Crippen LogP contribution is -2.42. The van der Waals surface area contributed by atoms with E-state index in [1.165, 1.54) is 32.4 Å². The van der Waals surface area contributed by atoms with Gasteiger partial charge in [0.2, 0.25) is 0 Å². The molecular formula is C12H24N2O. The summed E-state index contributed by atoms with van der Waals surface area (Å²) in [6, 6.07) is 0.721. The third-order valence-corrected chi connectivity index (χ3v) is 3.93. The molecule has 1 saturated carbocycles. The van der Waals surface area contributed by atoms with Crippen LogP contribution in [0.5, 0.6) is 0 Å². The van der Waals surface area contributed by atoms with E-state index in [4.69, 9.17) is 0 Å². The summed E-state index contributed by atoms with van der Waals surface area (Å²) in [6.07, 6.45) is 5.78. The minimum atomic E-state index is -0.0192. The Bertz CT molecular complexity index is 190. The van der Waals surface area contributed by atoms with Crippen LogP contribution in [0.3, 0.4) is 0 Å². The zero-order chi connectivity index (χ0) is 10.7. The number of piperidine rings is 1. The Kier molecular flexibility index (Phi) is 4.00. The topological polar surface area (TPSA) is 35.5 Å². The van der Waals surface area contributed by atoms with Gasteiger partial charge in [-0.05, 0) is 64.7 Å². The molecule has 0 aromatic rings. The first-order valence-corrected chi connectivity index (χ1v) is 6.34. The van der Waals surface area contributed by atoms with Crippen LogP contribution in [0, 0.1) is 5.92 Å². The summed E-state index contributed by atoms with van der Waals surface area (Å²) in [5, 5.41) is 13.1. The van der Waals surface area contributed by atoms with Crippen LogP contribution in [0.15, 0.2) is 0 Å². The maximum atomic E-state index is 9.44. The van der Waals surface area contributed by atoms with E-state index in [2.05, 4.69) is 17.3 Å². The first-order valence-electron chi connectivity index (χ1n) is 6.34. The maximum absolute atomic E-state index is 9.44. The molecule has 0 spiro atoms. The number of aliphatic hydroxyl groups is 1. The van der Waals surface area contributed by atoms with Gasteiger partial charge in [0.05, 0.1) is 6.10 Å². The summed E-state index contributed by atoms with van der Waals surface area (Å²) in [7, 11) is 2.20. The average Bonchev–Trinajstić information content (AvgIpc) is 2.64. The van der Waals surface area contributed by atoms with E-state index in [0.29, 0.717) is 0 Å². The van der Waals surface area contributed by atoms with Crippen molar-refractivity contribution in [1.82, 2.24) is 10.2 Å². The molecule has 0 aromatic carbocycles. The standard InChI is InChI=1S/C12H24N2O/c1-14-6-4-11(5-7-14)13-9-10-2-3-12(15)8-10/h10-13,15H,2-9H2,1H3. The smallest absolute Gasteiger partial charge is 0.0543 e. The number of hydrogen-bond acceptors (Lipinski definition) is 3. The van der Waals surface area contributed by atoms with Gasteiger partial charge in [-0.25, -0.2) is 0 Å². The summed E-state index contributed by atoms with van der Waals surface area (Å²) >= 11 is 0. The second-order valence-electron chi connectivity index (χ2n) is 5.32. The van der Waals surface area contributed by atoms with Crippen LogP contribution in [0.25, 0.3) is 0 Å². The molecule has 2 aliphatic rings. The fourth-order valence-electron chi connectivity index (χ4n) is 2.78. The zero-order valence-electron chi connectivity index (χ0n) is 9.78. The van der Waals surface area contributed by atoms with Crippen LogP contribution in [0.4, 0.5) is 0 Å². The van der Waals surface area contributed by atoms with Crippen molar-refractivity contribution in [1.29, 1.82) is 0 Å². The van der Waals surface area contributed by atoms with E-state index in [0.717, 1.165) is 31.3 Å². The van der Waals surface area contributed by atoms with Gasteiger partial charge in [-0.2, -0.15) is 0 Å². The van der Waals surface area contributed by atoms with Gasteiger partial charge < -0.3 is 15.3 Å². The summed E-state index contributed by atoms with van der Waals surface area (Å²) in [5.74, 6) is 0.722. The minimum Gasteiger partial charge on any atom is -0.393 e. The molecule has 3 nitrogen and oxygen atoms in total. The van der Waals surface area contributed by atoms with Gasteiger partial charge in [-0.3, -0.25) is 0 Å². The predicted octanol–water partition coefficient (Wildman–Crippen LogP) is 0.831. The number of nitrogens with zero attached hydrogens (tertiary/aromatic N) is 1. The van der Waals surface area contributed by atoms with Crippen LogP contribution < -0.4 is 5.32 Å². The first-order chi connectivity index (χ1) is 7.24. The summed E-state index contributed by atoms with van der Waals surface area (Å²) in [4.78, 5) is 2.40. The van der Waals surface area contributed by atoms with E-state index in [1.54, 1.807) is 0 Å². The maximum Gasteiger partial charge on any atom is 0.0543 e. The number of hydrogen-bond donors (Lipinski definition) is 2. The highest BCUT2D eigenvalue weighted by Crippen LogP contribution is 2.24. The highest BCUT2D eigenvalue weighted by molar-refractivity contribution is 4.80. The molecule has 1 heterocycles. The molecule has 15 heavy (non-hydrogen) atoms. The lowest BCUT2D eigenvalue weighted by atomic mass is 10.0. The van der Waals surface area contributed by atoms with Gasteiger partial charge in [0.1, 0.15) is 0 Å². The largest absolute Gasteiger partial charge is 0.393 e. The van der Waals surface area contributed by atoms with Gasteiger partial charge in [0, 0.05) is 6.04 Å². The molecule has 0 aromatic heterocycles. The molecule has 0 amide bonds. The predicted molar refractivity (Wildman–Crippen MR) is 61.9 cm³/mol. The van der Waals surface area contributed by atoms with Crippen molar-refractivity contribution in [3.8, 4) is 0 Å². The Hall–Kier alpha value is -0.120. The number of aliphatic hydroxyl groups excluding tert-OH is 1. The number of nitrogens with one attached hydrogen (secondary N) is 1. The van der Waals surface area contributed by atoms with Crippen molar-refractivity contribution in [3.63, 3.8) is 0 Å². The van der Waals surface area contributed by atoms with Gasteiger partial charge in [0.15, 0.2) is 0 Å². The van der Waals surface area contributed by atoms with Crippen LogP contribution in [0.1, 0.15) is 32.1 Å². The summed E-state index contributed by atoms with van der Waals surface area (Å²) in [5.41, 5.74) is 0. The molecule has 88 valence electrons. The van der Waals surface area contributed by atoms with Crippen LogP contribution in [-0.2, 0) is 0 Å². The third kappa shape index (κ3) is 3.44. The number of rotatable bonds is 3. The fourth-order valence-corrected chi connectivity index (χ4v) is 2.78. The lowest BCUT2D eigenvalue weighted by molar-refractivity contribution is 0.175. The zero-order valence-corrected chi connectivity index (χ0v) is 9.78. The minimum absolute atomic E-state index is 0.0192. The van der Waals surface area contributed by atoms with Crippen molar-refractivity contribution in [2.24, 2.45) is 5.92 Å². The van der Waals surface area contributed by atoms with Gasteiger partial charge in [-0.1, -0.05) is 0 Å². The molecule has 3 heteroatoms. The third-order valence-electron chi connectivity index (χ3n) is 3.93. The Morgan fingerprint density at radius 2 is 1.93 bits per heavy atom. The molecule has 0 radical (unpaired) electrons. The quantitative estimate of drug-likeness (QED) is 0.727. The van der Waals surface area contributed by atoms with Crippen LogP contribution in [-0.4, -0.2) is 48.8 Å². The van der Waals surface area contributed by atoms with Crippen molar-refractivity contribution in [3.05, 3.63) is 0 Å². The average molecular weight is 212 g/mol. The van der Waals surface area contributed by atoms with Gasteiger partial charge in [0.25, 0.3) is 0 Å². The molecule has 2 fully saturated rings. The molecule has 0 bridgehead atoms. The molecule has 1 aliphatic heterocycles. The van der Waals surface area contributed by atoms with Crippen LogP contribution >= 0.6 is 0 Å². The van der Waals surface area contributed by atoms with E-state index >= 15 is 0 Å².